The van der Waals surface area contributed by atoms with Crippen LogP contribution in [0.5, 0.6) is 0 Å². The van der Waals surface area contributed by atoms with Crippen molar-refractivity contribution in [3.63, 3.8) is 0 Å². The van der Waals surface area contributed by atoms with E-state index in [0.717, 1.165) is 6.07 Å². The van der Waals surface area contributed by atoms with E-state index in [-0.39, 0.29) is 23.9 Å². The van der Waals surface area contributed by atoms with Gasteiger partial charge in [0.15, 0.2) is 5.11 Å². The fourth-order valence-corrected chi connectivity index (χ4v) is 1.87. The van der Waals surface area contributed by atoms with E-state index >= 15 is 0 Å². The van der Waals surface area contributed by atoms with Crippen molar-refractivity contribution in [3.8, 4) is 0 Å². The summed E-state index contributed by atoms with van der Waals surface area (Å²) in [4.78, 5) is 11.4. The number of alkyl carbamates (subject to hydrolysis) is 1. The summed E-state index contributed by atoms with van der Waals surface area (Å²) in [5.41, 5.74) is -1.54. The highest BCUT2D eigenvalue weighted by atomic mass is 32.1. The third-order valence-corrected chi connectivity index (χ3v) is 2.81. The van der Waals surface area contributed by atoms with Gasteiger partial charge in [0.05, 0.1) is 11.3 Å². The molecular weight excluding hydrogens is 343 g/mol. The van der Waals surface area contributed by atoms with E-state index < -0.39 is 23.4 Å². The van der Waals surface area contributed by atoms with Gasteiger partial charge in [-0.2, -0.15) is 13.2 Å². The minimum Gasteiger partial charge on any atom is -0.444 e. The molecule has 0 aliphatic carbocycles. The van der Waals surface area contributed by atoms with E-state index in [4.69, 9.17) is 17.0 Å². The van der Waals surface area contributed by atoms with Crippen LogP contribution in [0.2, 0.25) is 0 Å². The highest BCUT2D eigenvalue weighted by molar-refractivity contribution is 7.80. The molecule has 0 aliphatic heterocycles. The average Bonchev–Trinajstić information content (AvgIpc) is 2.41. The topological polar surface area (TPSA) is 62.4 Å². The molecule has 3 N–H and O–H groups in total. The van der Waals surface area contributed by atoms with E-state index in [0.29, 0.717) is 0 Å². The van der Waals surface area contributed by atoms with Gasteiger partial charge in [0.1, 0.15) is 5.60 Å². The van der Waals surface area contributed by atoms with Crippen molar-refractivity contribution < 1.29 is 22.7 Å². The largest absolute Gasteiger partial charge is 0.444 e. The van der Waals surface area contributed by atoms with Gasteiger partial charge in [-0.15, -0.1) is 0 Å². The second-order valence-corrected chi connectivity index (χ2v) is 6.26. The van der Waals surface area contributed by atoms with Gasteiger partial charge in [0.25, 0.3) is 0 Å². The monoisotopic (exact) mass is 363 g/mol. The van der Waals surface area contributed by atoms with Gasteiger partial charge in [0, 0.05) is 13.1 Å². The second-order valence-electron chi connectivity index (χ2n) is 5.85. The summed E-state index contributed by atoms with van der Waals surface area (Å²) in [5.74, 6) is 0. The number of hydrogen-bond donors (Lipinski definition) is 3. The smallest absolute Gasteiger partial charge is 0.418 e. The molecule has 5 nitrogen and oxygen atoms in total. The van der Waals surface area contributed by atoms with Crippen molar-refractivity contribution in [3.05, 3.63) is 29.8 Å². The zero-order chi connectivity index (χ0) is 18.4. The van der Waals surface area contributed by atoms with Crippen LogP contribution in [0.4, 0.5) is 23.7 Å². The molecular formula is C15H20F3N3O2S. The summed E-state index contributed by atoms with van der Waals surface area (Å²) in [7, 11) is 0. The number of rotatable bonds is 4. The maximum absolute atomic E-state index is 12.9. The minimum absolute atomic E-state index is 0.0256. The maximum atomic E-state index is 12.9. The normalized spacial score (nSPS) is 11.6. The highest BCUT2D eigenvalue weighted by Crippen LogP contribution is 2.34. The van der Waals surface area contributed by atoms with E-state index in [9.17, 15) is 18.0 Å². The van der Waals surface area contributed by atoms with Gasteiger partial charge >= 0.3 is 12.3 Å². The van der Waals surface area contributed by atoms with Gasteiger partial charge in [-0.25, -0.2) is 4.79 Å². The quantitative estimate of drug-likeness (QED) is 0.564. The van der Waals surface area contributed by atoms with Crippen LogP contribution < -0.4 is 16.0 Å². The summed E-state index contributed by atoms with van der Waals surface area (Å²) in [6.45, 7) is 5.66. The lowest BCUT2D eigenvalue weighted by molar-refractivity contribution is -0.136. The Morgan fingerprint density at radius 1 is 1.12 bits per heavy atom. The standard InChI is InChI=1S/C15H20F3N3O2S/c1-14(2,3)23-13(22)20-9-8-19-12(24)21-11-7-5-4-6-10(11)15(16,17)18/h4-7H,8-9H2,1-3H3,(H,20,22)(H2,19,21,24). The Morgan fingerprint density at radius 3 is 2.29 bits per heavy atom. The van der Waals surface area contributed by atoms with Crippen LogP contribution in [0.3, 0.4) is 0 Å². The average molecular weight is 363 g/mol. The first-order chi connectivity index (χ1) is 11.0. The van der Waals surface area contributed by atoms with E-state index in [1.54, 1.807) is 20.8 Å². The Labute approximate surface area is 143 Å². The molecule has 0 radical (unpaired) electrons. The van der Waals surface area contributed by atoms with Crippen molar-refractivity contribution >= 4 is 29.1 Å². The molecule has 0 aromatic heterocycles. The molecule has 9 heteroatoms. The summed E-state index contributed by atoms with van der Waals surface area (Å²) >= 11 is 4.95. The van der Waals surface area contributed by atoms with E-state index in [1.807, 2.05) is 0 Å². The van der Waals surface area contributed by atoms with Gasteiger partial charge in [0.2, 0.25) is 0 Å². The molecule has 0 unspecified atom stereocenters. The van der Waals surface area contributed by atoms with Gasteiger partial charge in [-0.05, 0) is 45.1 Å². The first-order valence-electron chi connectivity index (χ1n) is 7.17. The predicted octanol–water partition coefficient (Wildman–Crippen LogP) is 3.52. The number of hydrogen-bond acceptors (Lipinski definition) is 3. The Balaban J connectivity index is 2.42. The molecule has 0 heterocycles. The number of carbonyl (C=O) groups is 1. The van der Waals surface area contributed by atoms with Gasteiger partial charge in [-0.1, -0.05) is 12.1 Å². The number of para-hydroxylation sites is 1. The molecule has 1 aromatic rings. The third-order valence-electron chi connectivity index (χ3n) is 2.56. The lowest BCUT2D eigenvalue weighted by Gasteiger charge is -2.20. The van der Waals surface area contributed by atoms with Gasteiger partial charge < -0.3 is 20.7 Å². The van der Waals surface area contributed by atoms with Crippen LogP contribution in [0.25, 0.3) is 0 Å². The molecule has 0 bridgehead atoms. The van der Waals surface area contributed by atoms with Crippen molar-refractivity contribution in [2.75, 3.05) is 18.4 Å². The number of thiocarbonyl (C=S) groups is 1. The van der Waals surface area contributed by atoms with Crippen molar-refractivity contribution in [2.24, 2.45) is 0 Å². The Hall–Kier alpha value is -2.03. The maximum Gasteiger partial charge on any atom is 0.418 e. The molecule has 0 atom stereocenters. The van der Waals surface area contributed by atoms with E-state index in [2.05, 4.69) is 16.0 Å². The SMILES string of the molecule is CC(C)(C)OC(=O)NCCNC(=S)Nc1ccccc1C(F)(F)F. The molecule has 1 aromatic carbocycles. The lowest BCUT2D eigenvalue weighted by Crippen LogP contribution is -2.39. The fourth-order valence-electron chi connectivity index (χ4n) is 1.66. The number of alkyl halides is 3. The molecule has 24 heavy (non-hydrogen) atoms. The number of ether oxygens (including phenoxy) is 1. The summed E-state index contributed by atoms with van der Waals surface area (Å²) in [6, 6.07) is 5.03. The molecule has 0 saturated heterocycles. The Kier molecular flexibility index (Phi) is 6.82. The van der Waals surface area contributed by atoms with Crippen molar-refractivity contribution in [1.29, 1.82) is 0 Å². The minimum atomic E-state index is -4.47. The number of benzene rings is 1. The Morgan fingerprint density at radius 2 is 1.71 bits per heavy atom. The molecule has 0 fully saturated rings. The number of nitrogens with one attached hydrogen (secondary N) is 3. The number of carbonyl (C=O) groups excluding carboxylic acids is 1. The van der Waals surface area contributed by atoms with Crippen LogP contribution in [0.15, 0.2) is 24.3 Å². The number of anilines is 1. The van der Waals surface area contributed by atoms with Crippen LogP contribution in [-0.2, 0) is 10.9 Å². The van der Waals surface area contributed by atoms with Crippen LogP contribution >= 0.6 is 12.2 Å². The second kappa shape index (κ2) is 8.18. The lowest BCUT2D eigenvalue weighted by atomic mass is 10.2. The molecule has 0 aliphatic rings. The first-order valence-corrected chi connectivity index (χ1v) is 7.58. The summed E-state index contributed by atoms with van der Waals surface area (Å²) < 4.78 is 43.6. The molecule has 1 amide bonds. The zero-order valence-corrected chi connectivity index (χ0v) is 14.4. The molecule has 1 rings (SSSR count). The molecule has 0 spiro atoms. The van der Waals surface area contributed by atoms with Gasteiger partial charge in [-0.3, -0.25) is 0 Å². The Bertz CT molecular complexity index is 586. The molecule has 134 valence electrons. The number of amides is 1. The number of halogens is 3. The van der Waals surface area contributed by atoms with Crippen LogP contribution in [0.1, 0.15) is 26.3 Å². The molecule has 0 saturated carbocycles. The van der Waals surface area contributed by atoms with E-state index in [1.165, 1.54) is 18.2 Å². The van der Waals surface area contributed by atoms with Crippen LogP contribution in [0, 0.1) is 0 Å². The summed E-state index contributed by atoms with van der Waals surface area (Å²) in [6.07, 6.45) is -5.05. The van der Waals surface area contributed by atoms with Crippen molar-refractivity contribution in [2.45, 2.75) is 32.5 Å². The third kappa shape index (κ3) is 7.49. The van der Waals surface area contributed by atoms with Crippen LogP contribution in [-0.4, -0.2) is 29.9 Å². The first kappa shape index (κ1) is 20.0. The predicted molar refractivity (Wildman–Crippen MR) is 89.9 cm³/mol. The fraction of sp³-hybridized carbons (Fsp3) is 0.467. The zero-order valence-electron chi connectivity index (χ0n) is 13.6. The highest BCUT2D eigenvalue weighted by Gasteiger charge is 2.33. The van der Waals surface area contributed by atoms with Crippen molar-refractivity contribution in [1.82, 2.24) is 10.6 Å². The summed E-state index contributed by atoms with van der Waals surface area (Å²) in [5, 5.41) is 7.74.